The minimum Gasteiger partial charge on any atom is -0.120 e. The Morgan fingerprint density at radius 1 is 1.14 bits per heavy atom. The van der Waals surface area contributed by atoms with E-state index < -0.39 is 0 Å². The molecule has 0 N–H and O–H groups in total. The molecular formula is C14H26. The largest absolute Gasteiger partial charge is 0.120 e. The van der Waals surface area contributed by atoms with Gasteiger partial charge in [-0.25, -0.2) is 0 Å². The van der Waals surface area contributed by atoms with Crippen molar-refractivity contribution >= 4 is 0 Å². The SMILES string of the molecule is C#CCCCC.CCCCC=C(C)C. The lowest BCUT2D eigenvalue weighted by Crippen LogP contribution is -1.68. The second-order valence-electron chi connectivity index (χ2n) is 3.73. The van der Waals surface area contributed by atoms with Crippen LogP contribution in [0.3, 0.4) is 0 Å². The van der Waals surface area contributed by atoms with E-state index in [2.05, 4.69) is 39.7 Å². The van der Waals surface area contributed by atoms with E-state index >= 15 is 0 Å². The van der Waals surface area contributed by atoms with Gasteiger partial charge in [-0.2, -0.15) is 0 Å². The maximum absolute atomic E-state index is 4.96. The first-order valence-corrected chi connectivity index (χ1v) is 5.75. The van der Waals surface area contributed by atoms with E-state index in [4.69, 9.17) is 6.42 Å². The molecule has 0 aliphatic rings. The summed E-state index contributed by atoms with van der Waals surface area (Å²) in [5.74, 6) is 2.57. The normalized spacial score (nSPS) is 8.21. The number of hydrogen-bond donors (Lipinski definition) is 0. The smallest absolute Gasteiger partial charge is 0.00859 e. The number of hydrogen-bond acceptors (Lipinski definition) is 0. The molecule has 0 spiro atoms. The first-order chi connectivity index (χ1) is 6.68. The molecule has 0 fully saturated rings. The second kappa shape index (κ2) is 14.8. The highest BCUT2D eigenvalue weighted by Crippen LogP contribution is 1.98. The van der Waals surface area contributed by atoms with Crippen molar-refractivity contribution in [1.82, 2.24) is 0 Å². The Bertz CT molecular complexity index is 153. The van der Waals surface area contributed by atoms with Crippen LogP contribution in [-0.4, -0.2) is 0 Å². The van der Waals surface area contributed by atoms with Gasteiger partial charge in [-0.05, 0) is 26.7 Å². The highest BCUT2D eigenvalue weighted by molar-refractivity contribution is 4.92. The molecule has 14 heavy (non-hydrogen) atoms. The first kappa shape index (κ1) is 15.8. The number of allylic oxidation sites excluding steroid dienone is 2. The summed E-state index contributed by atoms with van der Waals surface area (Å²) in [4.78, 5) is 0. The fourth-order valence-electron chi connectivity index (χ4n) is 0.874. The fraction of sp³-hybridized carbons (Fsp3) is 0.714. The molecule has 0 radical (unpaired) electrons. The highest BCUT2D eigenvalue weighted by atomic mass is 13.8. The van der Waals surface area contributed by atoms with Crippen molar-refractivity contribution in [3.63, 3.8) is 0 Å². The van der Waals surface area contributed by atoms with Crippen molar-refractivity contribution in [3.05, 3.63) is 11.6 Å². The van der Waals surface area contributed by atoms with Gasteiger partial charge in [0.25, 0.3) is 0 Å². The van der Waals surface area contributed by atoms with E-state index in [0.29, 0.717) is 0 Å². The number of rotatable bonds is 5. The molecule has 0 saturated heterocycles. The van der Waals surface area contributed by atoms with Gasteiger partial charge >= 0.3 is 0 Å². The van der Waals surface area contributed by atoms with Crippen LogP contribution in [-0.2, 0) is 0 Å². The van der Waals surface area contributed by atoms with Crippen molar-refractivity contribution in [2.75, 3.05) is 0 Å². The minimum absolute atomic E-state index is 0.941. The molecule has 0 heterocycles. The predicted octanol–water partition coefficient (Wildman–Crippen LogP) is 4.95. The Balaban J connectivity index is 0. The minimum atomic E-state index is 0.941. The molecule has 0 aromatic rings. The van der Waals surface area contributed by atoms with Crippen molar-refractivity contribution in [3.8, 4) is 12.3 Å². The Morgan fingerprint density at radius 3 is 2.00 bits per heavy atom. The molecule has 0 aromatic carbocycles. The lowest BCUT2D eigenvalue weighted by Gasteiger charge is -1.89. The molecule has 0 aromatic heterocycles. The van der Waals surface area contributed by atoms with Crippen LogP contribution in [0.25, 0.3) is 0 Å². The van der Waals surface area contributed by atoms with E-state index in [9.17, 15) is 0 Å². The van der Waals surface area contributed by atoms with Gasteiger partial charge in [-0.3, -0.25) is 0 Å². The van der Waals surface area contributed by atoms with E-state index in [1.807, 2.05) is 0 Å². The topological polar surface area (TPSA) is 0 Å². The molecule has 0 amide bonds. The third-order valence-corrected chi connectivity index (χ3v) is 1.78. The van der Waals surface area contributed by atoms with Crippen LogP contribution in [0.1, 0.15) is 66.2 Å². The molecule has 0 atom stereocenters. The summed E-state index contributed by atoms with van der Waals surface area (Å²) >= 11 is 0. The molecule has 0 unspecified atom stereocenters. The molecule has 0 nitrogen and oxygen atoms in total. The van der Waals surface area contributed by atoms with Crippen LogP contribution < -0.4 is 0 Å². The molecule has 0 aliphatic heterocycles. The van der Waals surface area contributed by atoms with Crippen molar-refractivity contribution < 1.29 is 0 Å². The molecular weight excluding hydrogens is 168 g/mol. The Labute approximate surface area is 90.8 Å². The monoisotopic (exact) mass is 194 g/mol. The molecule has 0 heteroatoms. The van der Waals surface area contributed by atoms with E-state index in [0.717, 1.165) is 6.42 Å². The highest BCUT2D eigenvalue weighted by Gasteiger charge is 1.77. The van der Waals surface area contributed by atoms with Crippen LogP contribution in [0.2, 0.25) is 0 Å². The zero-order chi connectivity index (χ0) is 11.2. The lowest BCUT2D eigenvalue weighted by atomic mass is 10.2. The van der Waals surface area contributed by atoms with Crippen molar-refractivity contribution in [2.45, 2.75) is 66.2 Å². The Morgan fingerprint density at radius 2 is 1.71 bits per heavy atom. The summed E-state index contributed by atoms with van der Waals surface area (Å²) < 4.78 is 0. The van der Waals surface area contributed by atoms with Gasteiger partial charge in [0.2, 0.25) is 0 Å². The van der Waals surface area contributed by atoms with Crippen molar-refractivity contribution in [1.29, 1.82) is 0 Å². The summed E-state index contributed by atoms with van der Waals surface area (Å²) in [7, 11) is 0. The second-order valence-corrected chi connectivity index (χ2v) is 3.73. The van der Waals surface area contributed by atoms with Crippen LogP contribution in [0.4, 0.5) is 0 Å². The summed E-state index contributed by atoms with van der Waals surface area (Å²) in [5, 5.41) is 0. The lowest BCUT2D eigenvalue weighted by molar-refractivity contribution is 0.811. The predicted molar refractivity (Wildman–Crippen MR) is 67.3 cm³/mol. The number of terminal acetylenes is 1. The quantitative estimate of drug-likeness (QED) is 0.330. The maximum Gasteiger partial charge on any atom is 0.00859 e. The van der Waals surface area contributed by atoms with E-state index in [-0.39, 0.29) is 0 Å². The van der Waals surface area contributed by atoms with Crippen LogP contribution in [0, 0.1) is 12.3 Å². The summed E-state index contributed by atoms with van der Waals surface area (Å²) in [5.41, 5.74) is 1.44. The summed E-state index contributed by atoms with van der Waals surface area (Å²) in [6.07, 6.45) is 14.5. The molecule has 0 rings (SSSR count). The van der Waals surface area contributed by atoms with E-state index in [1.54, 1.807) is 0 Å². The molecule has 0 bridgehead atoms. The standard InChI is InChI=1S/C8H16.C6H10/c1-4-5-6-7-8(2)3;1-3-5-6-4-2/h7H,4-6H2,1-3H3;1H,4-6H2,2H3. The third kappa shape index (κ3) is 22.5. The Kier molecular flexibility index (Phi) is 16.7. The zero-order valence-electron chi connectivity index (χ0n) is 10.4. The average molecular weight is 194 g/mol. The van der Waals surface area contributed by atoms with Gasteiger partial charge in [-0.15, -0.1) is 12.3 Å². The van der Waals surface area contributed by atoms with E-state index in [1.165, 1.54) is 37.7 Å². The van der Waals surface area contributed by atoms with Crippen LogP contribution in [0.5, 0.6) is 0 Å². The van der Waals surface area contributed by atoms with Crippen LogP contribution >= 0.6 is 0 Å². The number of unbranched alkanes of at least 4 members (excludes halogenated alkanes) is 4. The van der Waals surface area contributed by atoms with Gasteiger partial charge in [0, 0.05) is 6.42 Å². The van der Waals surface area contributed by atoms with Gasteiger partial charge in [0.1, 0.15) is 0 Å². The van der Waals surface area contributed by atoms with Gasteiger partial charge in [0.15, 0.2) is 0 Å². The first-order valence-electron chi connectivity index (χ1n) is 5.75. The van der Waals surface area contributed by atoms with Crippen molar-refractivity contribution in [2.24, 2.45) is 0 Å². The zero-order valence-corrected chi connectivity index (χ0v) is 10.4. The van der Waals surface area contributed by atoms with Gasteiger partial charge in [0.05, 0.1) is 0 Å². The summed E-state index contributed by atoms with van der Waals surface area (Å²) in [6.45, 7) is 8.65. The van der Waals surface area contributed by atoms with Gasteiger partial charge in [-0.1, -0.05) is 44.8 Å². The Hall–Kier alpha value is -0.700. The van der Waals surface area contributed by atoms with Gasteiger partial charge < -0.3 is 0 Å². The molecule has 82 valence electrons. The molecule has 0 saturated carbocycles. The maximum atomic E-state index is 4.96. The van der Waals surface area contributed by atoms with Crippen LogP contribution in [0.15, 0.2) is 11.6 Å². The third-order valence-electron chi connectivity index (χ3n) is 1.78. The fourth-order valence-corrected chi connectivity index (χ4v) is 0.874. The average Bonchev–Trinajstić information content (AvgIpc) is 2.16. The summed E-state index contributed by atoms with van der Waals surface area (Å²) in [6, 6.07) is 0. The molecule has 0 aliphatic carbocycles.